The van der Waals surface area contributed by atoms with Gasteiger partial charge in [-0.15, -0.1) is 0 Å². The normalized spacial score (nSPS) is 14.8. The van der Waals surface area contributed by atoms with Crippen molar-refractivity contribution in [2.24, 2.45) is 5.73 Å². The minimum Gasteiger partial charge on any atom is -0.382 e. The van der Waals surface area contributed by atoms with Crippen molar-refractivity contribution in [1.29, 1.82) is 0 Å². The maximum Gasteiger partial charge on any atom is 0.317 e. The van der Waals surface area contributed by atoms with Crippen molar-refractivity contribution in [2.75, 3.05) is 25.0 Å². The molecule has 1 aliphatic heterocycles. The number of anilines is 1. The second-order valence-corrected chi connectivity index (χ2v) is 7.08. The number of nitrogens with one attached hydrogen (secondary N) is 2. The number of hydrogen-bond donors (Lipinski definition) is 3. The molecule has 7 heteroatoms. The highest BCUT2D eigenvalue weighted by Crippen LogP contribution is 2.18. The number of halogens is 2. The van der Waals surface area contributed by atoms with E-state index in [1.54, 1.807) is 4.90 Å². The van der Waals surface area contributed by atoms with Crippen LogP contribution in [0.5, 0.6) is 0 Å². The number of hydrogen-bond acceptors (Lipinski definition) is 3. The summed E-state index contributed by atoms with van der Waals surface area (Å²) >= 11 is 0. The Kier molecular flexibility index (Phi) is 6.81. The molecular formula is C21H26F2N4O. The topological polar surface area (TPSA) is 70.4 Å². The van der Waals surface area contributed by atoms with E-state index in [4.69, 9.17) is 5.73 Å². The van der Waals surface area contributed by atoms with Gasteiger partial charge < -0.3 is 21.3 Å². The van der Waals surface area contributed by atoms with Crippen molar-refractivity contribution >= 4 is 11.7 Å². The minimum absolute atomic E-state index is 0.0981. The summed E-state index contributed by atoms with van der Waals surface area (Å²) in [7, 11) is 0. The number of piperidine rings is 1. The van der Waals surface area contributed by atoms with Gasteiger partial charge in [0, 0.05) is 37.4 Å². The van der Waals surface area contributed by atoms with Crippen molar-refractivity contribution in [3.05, 3.63) is 65.2 Å². The Morgan fingerprint density at radius 3 is 2.29 bits per heavy atom. The lowest BCUT2D eigenvalue weighted by Crippen LogP contribution is -2.46. The van der Waals surface area contributed by atoms with Gasteiger partial charge in [0.1, 0.15) is 11.6 Å². The first-order valence-electron chi connectivity index (χ1n) is 9.57. The molecule has 0 saturated carbocycles. The molecule has 4 N–H and O–H groups in total. The number of nitrogens with zero attached hydrogens (tertiary/aromatic N) is 1. The fraction of sp³-hybridized carbons (Fsp3) is 0.381. The van der Waals surface area contributed by atoms with Gasteiger partial charge in [-0.3, -0.25) is 0 Å². The number of rotatable bonds is 6. The number of likely N-dealkylation sites (tertiary alicyclic amines) is 1. The monoisotopic (exact) mass is 388 g/mol. The molecule has 1 aliphatic rings. The third kappa shape index (κ3) is 5.66. The molecule has 0 unspecified atom stereocenters. The van der Waals surface area contributed by atoms with Crippen LogP contribution >= 0.6 is 0 Å². The Hall–Kier alpha value is -2.67. The van der Waals surface area contributed by atoms with Crippen LogP contribution in [0.4, 0.5) is 19.3 Å². The van der Waals surface area contributed by atoms with Gasteiger partial charge in [0.15, 0.2) is 0 Å². The third-order valence-electron chi connectivity index (χ3n) is 4.91. The molecule has 2 aromatic rings. The molecule has 0 aliphatic carbocycles. The number of nitrogens with two attached hydrogens (primary N) is 1. The van der Waals surface area contributed by atoms with E-state index < -0.39 is 11.6 Å². The molecule has 1 fully saturated rings. The SMILES string of the molecule is NCCc1ccc(NC2CCN(C(=O)NCc3cc(F)cc(F)c3)CC2)cc1. The van der Waals surface area contributed by atoms with E-state index in [2.05, 4.69) is 34.9 Å². The quantitative estimate of drug-likeness (QED) is 0.711. The van der Waals surface area contributed by atoms with Gasteiger partial charge in [0.25, 0.3) is 0 Å². The van der Waals surface area contributed by atoms with Crippen molar-refractivity contribution < 1.29 is 13.6 Å². The lowest BCUT2D eigenvalue weighted by atomic mass is 10.0. The Morgan fingerprint density at radius 2 is 1.68 bits per heavy atom. The Labute approximate surface area is 163 Å². The van der Waals surface area contributed by atoms with Crippen LogP contribution < -0.4 is 16.4 Å². The highest BCUT2D eigenvalue weighted by molar-refractivity contribution is 5.74. The van der Waals surface area contributed by atoms with Crippen LogP contribution in [0.2, 0.25) is 0 Å². The van der Waals surface area contributed by atoms with E-state index in [-0.39, 0.29) is 12.6 Å². The molecule has 2 aromatic carbocycles. The Morgan fingerprint density at radius 1 is 1.04 bits per heavy atom. The molecule has 0 atom stereocenters. The van der Waals surface area contributed by atoms with E-state index in [1.165, 1.54) is 17.7 Å². The van der Waals surface area contributed by atoms with E-state index in [0.29, 0.717) is 31.2 Å². The molecule has 0 bridgehead atoms. The summed E-state index contributed by atoms with van der Waals surface area (Å²) in [4.78, 5) is 14.0. The fourth-order valence-corrected chi connectivity index (χ4v) is 3.40. The lowest BCUT2D eigenvalue weighted by molar-refractivity contribution is 0.183. The minimum atomic E-state index is -0.646. The van der Waals surface area contributed by atoms with Crippen molar-refractivity contribution in [2.45, 2.75) is 31.8 Å². The molecule has 1 heterocycles. The fourth-order valence-electron chi connectivity index (χ4n) is 3.40. The van der Waals surface area contributed by atoms with Crippen molar-refractivity contribution in [3.63, 3.8) is 0 Å². The number of benzene rings is 2. The predicted molar refractivity (Wildman–Crippen MR) is 106 cm³/mol. The second-order valence-electron chi connectivity index (χ2n) is 7.08. The summed E-state index contributed by atoms with van der Waals surface area (Å²) in [6, 6.07) is 11.6. The molecule has 5 nitrogen and oxygen atoms in total. The van der Waals surface area contributed by atoms with E-state index in [1.807, 2.05) is 0 Å². The molecular weight excluding hydrogens is 362 g/mol. The zero-order valence-corrected chi connectivity index (χ0v) is 15.8. The van der Waals surface area contributed by atoms with Gasteiger partial charge in [-0.1, -0.05) is 12.1 Å². The first-order valence-corrected chi connectivity index (χ1v) is 9.57. The van der Waals surface area contributed by atoms with Crippen LogP contribution in [0.25, 0.3) is 0 Å². The molecule has 0 radical (unpaired) electrons. The van der Waals surface area contributed by atoms with Crippen molar-refractivity contribution in [1.82, 2.24) is 10.2 Å². The molecule has 0 spiro atoms. The summed E-state index contributed by atoms with van der Waals surface area (Å²) in [5, 5.41) is 6.24. The third-order valence-corrected chi connectivity index (χ3v) is 4.91. The van der Waals surface area contributed by atoms with E-state index in [9.17, 15) is 13.6 Å². The van der Waals surface area contributed by atoms with E-state index >= 15 is 0 Å². The Balaban J connectivity index is 1.43. The predicted octanol–water partition coefficient (Wildman–Crippen LogP) is 3.25. The zero-order valence-electron chi connectivity index (χ0n) is 15.8. The molecule has 150 valence electrons. The van der Waals surface area contributed by atoms with Crippen molar-refractivity contribution in [3.8, 4) is 0 Å². The summed E-state index contributed by atoms with van der Waals surface area (Å²) in [5.74, 6) is -1.29. The lowest BCUT2D eigenvalue weighted by Gasteiger charge is -2.33. The first-order chi connectivity index (χ1) is 13.5. The van der Waals surface area contributed by atoms with Gasteiger partial charge in [0.2, 0.25) is 0 Å². The number of urea groups is 1. The van der Waals surface area contributed by atoms with Crippen LogP contribution in [0.1, 0.15) is 24.0 Å². The number of amides is 2. The second kappa shape index (κ2) is 9.50. The highest BCUT2D eigenvalue weighted by Gasteiger charge is 2.22. The Bertz CT molecular complexity index is 769. The van der Waals surface area contributed by atoms with Gasteiger partial charge >= 0.3 is 6.03 Å². The highest BCUT2D eigenvalue weighted by atomic mass is 19.1. The summed E-state index contributed by atoms with van der Waals surface area (Å²) in [5.41, 5.74) is 8.26. The first kappa shape index (κ1) is 20.1. The van der Waals surface area contributed by atoms with Gasteiger partial charge in [-0.05, 0) is 61.2 Å². The molecule has 0 aromatic heterocycles. The summed E-state index contributed by atoms with van der Waals surface area (Å²) in [6.07, 6.45) is 2.55. The zero-order chi connectivity index (χ0) is 19.9. The van der Waals surface area contributed by atoms with Gasteiger partial charge in [-0.25, -0.2) is 13.6 Å². The molecule has 1 saturated heterocycles. The van der Waals surface area contributed by atoms with Crippen LogP contribution in [0.3, 0.4) is 0 Å². The largest absolute Gasteiger partial charge is 0.382 e. The molecule has 2 amide bonds. The van der Waals surface area contributed by atoms with Crippen LogP contribution in [0.15, 0.2) is 42.5 Å². The summed E-state index contributed by atoms with van der Waals surface area (Å²) in [6.45, 7) is 2.00. The van der Waals surface area contributed by atoms with Gasteiger partial charge in [-0.2, -0.15) is 0 Å². The number of carbonyl (C=O) groups excluding carboxylic acids is 1. The van der Waals surface area contributed by atoms with Crippen LogP contribution in [-0.2, 0) is 13.0 Å². The molecule has 28 heavy (non-hydrogen) atoms. The average Bonchev–Trinajstić information content (AvgIpc) is 2.68. The summed E-state index contributed by atoms with van der Waals surface area (Å²) < 4.78 is 26.4. The average molecular weight is 388 g/mol. The number of carbonyl (C=O) groups is 1. The smallest absolute Gasteiger partial charge is 0.317 e. The van der Waals surface area contributed by atoms with Gasteiger partial charge in [0.05, 0.1) is 0 Å². The van der Waals surface area contributed by atoms with Crippen LogP contribution in [0, 0.1) is 11.6 Å². The van der Waals surface area contributed by atoms with E-state index in [0.717, 1.165) is 31.0 Å². The molecule has 3 rings (SSSR count). The maximum atomic E-state index is 13.2. The van der Waals surface area contributed by atoms with Crippen LogP contribution in [-0.4, -0.2) is 36.6 Å². The standard InChI is InChI=1S/C21H26F2N4O/c22-17-11-16(12-18(23)13-17)14-25-21(28)27-9-6-20(7-10-27)26-19-3-1-15(2-4-19)5-8-24/h1-4,11-13,20,26H,5-10,14,24H2,(H,25,28). The maximum absolute atomic E-state index is 13.2.